The van der Waals surface area contributed by atoms with Crippen LogP contribution in [-0.2, 0) is 0 Å². The summed E-state index contributed by atoms with van der Waals surface area (Å²) in [5.74, 6) is 1.79. The standard InChI is InChI=1S/C18H25.Sb.2H/c1-3-9-15(10-4-1)17-13-7-8-14-18(17)16-11-5-2-6-12-16;;;/h7-8,13,15-16H,1-6,9-12H2;;;. The van der Waals surface area contributed by atoms with E-state index in [1.54, 1.807) is 9.07 Å². The van der Waals surface area contributed by atoms with Gasteiger partial charge in [0.2, 0.25) is 0 Å². The second-order valence-electron chi connectivity index (χ2n) is 6.52. The van der Waals surface area contributed by atoms with Crippen molar-refractivity contribution in [3.63, 3.8) is 0 Å². The van der Waals surface area contributed by atoms with Crippen LogP contribution in [0.1, 0.15) is 87.2 Å². The molecule has 0 spiro atoms. The Bertz CT molecular complexity index is 412. The first-order chi connectivity index (χ1) is 9.36. The molecule has 104 valence electrons. The van der Waals surface area contributed by atoms with E-state index in [4.69, 9.17) is 0 Å². The SMILES string of the molecule is [SbH2][c]1cccc(C2CCCCC2)c1C1CCCCC1. The zero-order valence-corrected chi connectivity index (χ0v) is 15.3. The normalized spacial score (nSPS) is 22.6. The molecule has 0 bridgehead atoms. The third-order valence-corrected chi connectivity index (χ3v) is 6.67. The van der Waals surface area contributed by atoms with Crippen molar-refractivity contribution in [2.45, 2.75) is 76.0 Å². The third-order valence-electron chi connectivity index (χ3n) is 5.23. The summed E-state index contributed by atoms with van der Waals surface area (Å²) in [4.78, 5) is 0. The van der Waals surface area contributed by atoms with Gasteiger partial charge in [0.05, 0.1) is 0 Å². The predicted molar refractivity (Wildman–Crippen MR) is 86.3 cm³/mol. The van der Waals surface area contributed by atoms with E-state index >= 15 is 0 Å². The molecule has 1 heteroatoms. The summed E-state index contributed by atoms with van der Waals surface area (Å²) < 4.78 is 1.69. The monoisotopic (exact) mass is 364 g/mol. The second kappa shape index (κ2) is 6.66. The van der Waals surface area contributed by atoms with E-state index in [1.807, 2.05) is 5.56 Å². The van der Waals surface area contributed by atoms with Crippen molar-refractivity contribution in [2.75, 3.05) is 0 Å². The molecular weight excluding hydrogens is 338 g/mol. The van der Waals surface area contributed by atoms with Gasteiger partial charge in [-0.05, 0) is 0 Å². The summed E-state index contributed by atoms with van der Waals surface area (Å²) >= 11 is 1.30. The zero-order valence-electron chi connectivity index (χ0n) is 12.0. The Labute approximate surface area is 131 Å². The fourth-order valence-electron chi connectivity index (χ4n) is 4.23. The average molecular weight is 365 g/mol. The van der Waals surface area contributed by atoms with Crippen LogP contribution in [0.2, 0.25) is 0 Å². The van der Waals surface area contributed by atoms with Gasteiger partial charge in [-0.25, -0.2) is 0 Å². The Morgan fingerprint density at radius 2 is 1.32 bits per heavy atom. The molecule has 0 heterocycles. The van der Waals surface area contributed by atoms with E-state index < -0.39 is 0 Å². The van der Waals surface area contributed by atoms with Gasteiger partial charge in [-0.3, -0.25) is 0 Å². The summed E-state index contributed by atoms with van der Waals surface area (Å²) in [5.41, 5.74) is 3.58. The van der Waals surface area contributed by atoms with Crippen molar-refractivity contribution in [1.29, 1.82) is 0 Å². The van der Waals surface area contributed by atoms with Crippen LogP contribution in [0.25, 0.3) is 0 Å². The van der Waals surface area contributed by atoms with E-state index in [9.17, 15) is 0 Å². The van der Waals surface area contributed by atoms with E-state index in [1.165, 1.54) is 87.2 Å². The fraction of sp³-hybridized carbons (Fsp3) is 0.667. The van der Waals surface area contributed by atoms with Gasteiger partial charge in [0.15, 0.2) is 0 Å². The maximum atomic E-state index is 2.47. The van der Waals surface area contributed by atoms with Crippen LogP contribution in [0, 0.1) is 0 Å². The maximum absolute atomic E-state index is 2.47. The van der Waals surface area contributed by atoms with Crippen LogP contribution in [0.3, 0.4) is 0 Å². The van der Waals surface area contributed by atoms with Gasteiger partial charge in [0.25, 0.3) is 0 Å². The van der Waals surface area contributed by atoms with E-state index in [2.05, 4.69) is 18.2 Å². The van der Waals surface area contributed by atoms with Crippen LogP contribution < -0.4 is 3.51 Å². The van der Waals surface area contributed by atoms with E-state index in [0.29, 0.717) is 0 Å². The number of hydrogen-bond acceptors (Lipinski definition) is 0. The number of rotatable bonds is 2. The molecular formula is C18H27Sb. The quantitative estimate of drug-likeness (QED) is 0.694. The molecule has 2 aliphatic rings. The molecule has 1 aromatic carbocycles. The van der Waals surface area contributed by atoms with E-state index in [-0.39, 0.29) is 0 Å². The first-order valence-electron chi connectivity index (χ1n) is 8.24. The molecule has 0 N–H and O–H groups in total. The van der Waals surface area contributed by atoms with Crippen LogP contribution in [0.4, 0.5) is 0 Å². The number of benzene rings is 1. The first kappa shape index (κ1) is 14.0. The predicted octanol–water partition coefficient (Wildman–Crippen LogP) is 4.04. The van der Waals surface area contributed by atoms with E-state index in [0.717, 1.165) is 11.8 Å². The minimum atomic E-state index is 0.887. The first-order valence-corrected chi connectivity index (χ1v) is 9.89. The molecule has 0 radical (unpaired) electrons. The van der Waals surface area contributed by atoms with Crippen molar-refractivity contribution in [3.05, 3.63) is 29.3 Å². The van der Waals surface area contributed by atoms with Gasteiger partial charge in [0, 0.05) is 0 Å². The van der Waals surface area contributed by atoms with Crippen molar-refractivity contribution in [3.8, 4) is 0 Å². The summed E-state index contributed by atoms with van der Waals surface area (Å²) in [6.07, 6.45) is 14.6. The molecule has 2 fully saturated rings. The topological polar surface area (TPSA) is 0 Å². The van der Waals surface area contributed by atoms with Crippen molar-refractivity contribution < 1.29 is 0 Å². The minimum absolute atomic E-state index is 0.887. The van der Waals surface area contributed by atoms with Crippen molar-refractivity contribution in [1.82, 2.24) is 0 Å². The van der Waals surface area contributed by atoms with Crippen LogP contribution >= 0.6 is 0 Å². The summed E-state index contributed by atoms with van der Waals surface area (Å²) in [5, 5.41) is 0. The van der Waals surface area contributed by atoms with Crippen LogP contribution in [-0.4, -0.2) is 23.0 Å². The third kappa shape index (κ3) is 3.21. The van der Waals surface area contributed by atoms with Gasteiger partial charge in [-0.15, -0.1) is 0 Å². The summed E-state index contributed by atoms with van der Waals surface area (Å²) in [6, 6.07) is 7.20. The Kier molecular flexibility index (Phi) is 4.91. The molecule has 19 heavy (non-hydrogen) atoms. The average Bonchev–Trinajstić information content (AvgIpc) is 2.49. The molecule has 0 aromatic heterocycles. The van der Waals surface area contributed by atoms with Gasteiger partial charge < -0.3 is 0 Å². The molecule has 1 aromatic rings. The molecule has 0 saturated heterocycles. The molecule has 2 aliphatic carbocycles. The van der Waals surface area contributed by atoms with Gasteiger partial charge >= 0.3 is 132 Å². The van der Waals surface area contributed by atoms with Gasteiger partial charge in [-0.2, -0.15) is 0 Å². The fourth-order valence-corrected chi connectivity index (χ4v) is 5.70. The Morgan fingerprint density at radius 3 is 1.95 bits per heavy atom. The summed E-state index contributed by atoms with van der Waals surface area (Å²) in [7, 11) is 0. The molecule has 0 unspecified atom stereocenters. The van der Waals surface area contributed by atoms with Crippen molar-refractivity contribution >= 4 is 26.5 Å². The molecule has 0 atom stereocenters. The Morgan fingerprint density at radius 1 is 0.737 bits per heavy atom. The van der Waals surface area contributed by atoms with Crippen LogP contribution in [0.5, 0.6) is 0 Å². The molecule has 0 amide bonds. The molecule has 0 aliphatic heterocycles. The zero-order chi connectivity index (χ0) is 13.1. The molecule has 2 saturated carbocycles. The van der Waals surface area contributed by atoms with Gasteiger partial charge in [0.1, 0.15) is 0 Å². The Balaban J connectivity index is 1.91. The molecule has 3 rings (SSSR count). The molecule has 0 nitrogen and oxygen atoms in total. The summed E-state index contributed by atoms with van der Waals surface area (Å²) in [6.45, 7) is 0. The van der Waals surface area contributed by atoms with Crippen LogP contribution in [0.15, 0.2) is 18.2 Å². The van der Waals surface area contributed by atoms with Crippen molar-refractivity contribution in [2.24, 2.45) is 0 Å². The van der Waals surface area contributed by atoms with Gasteiger partial charge in [-0.1, -0.05) is 0 Å². The second-order valence-corrected chi connectivity index (χ2v) is 8.30. The number of hydrogen-bond donors (Lipinski definition) is 0. The Hall–Kier alpha value is 0.0382.